The second kappa shape index (κ2) is 8.74. The van der Waals surface area contributed by atoms with E-state index < -0.39 is 0 Å². The van der Waals surface area contributed by atoms with Crippen molar-refractivity contribution in [3.05, 3.63) is 59.1 Å². The summed E-state index contributed by atoms with van der Waals surface area (Å²) in [4.78, 5) is 2.49. The van der Waals surface area contributed by atoms with Crippen molar-refractivity contribution in [3.63, 3.8) is 0 Å². The molecule has 2 aromatic rings. The van der Waals surface area contributed by atoms with Crippen molar-refractivity contribution in [3.8, 4) is 0 Å². The van der Waals surface area contributed by atoms with Crippen LogP contribution in [-0.4, -0.2) is 18.2 Å². The Kier molecular flexibility index (Phi) is 6.38. The zero-order valence-corrected chi connectivity index (χ0v) is 16.9. The molecule has 0 bridgehead atoms. The fourth-order valence-corrected chi connectivity index (χ4v) is 3.80. The van der Waals surface area contributed by atoms with Crippen LogP contribution >= 0.6 is 23.8 Å². The van der Waals surface area contributed by atoms with E-state index >= 15 is 0 Å². The quantitative estimate of drug-likeness (QED) is 0.665. The normalized spacial score (nSPS) is 18.3. The minimum absolute atomic E-state index is 0.136. The molecule has 3 nitrogen and oxygen atoms in total. The smallest absolute Gasteiger partial charge is 0.171 e. The second-order valence-electron chi connectivity index (χ2n) is 7.11. The predicted molar refractivity (Wildman–Crippen MR) is 116 cm³/mol. The number of piperidine rings is 1. The van der Waals surface area contributed by atoms with Crippen LogP contribution in [0.2, 0.25) is 5.02 Å². The third-order valence-electron chi connectivity index (χ3n) is 4.86. The molecular formula is C21H26ClN3S. The fourth-order valence-electron chi connectivity index (χ4n) is 3.38. The van der Waals surface area contributed by atoms with Crippen molar-refractivity contribution in [2.75, 3.05) is 23.3 Å². The molecular weight excluding hydrogens is 362 g/mol. The van der Waals surface area contributed by atoms with Gasteiger partial charge >= 0.3 is 0 Å². The summed E-state index contributed by atoms with van der Waals surface area (Å²) >= 11 is 11.3. The van der Waals surface area contributed by atoms with Gasteiger partial charge in [-0.3, -0.25) is 0 Å². The van der Waals surface area contributed by atoms with E-state index in [2.05, 4.69) is 53.6 Å². The van der Waals surface area contributed by atoms with Gasteiger partial charge in [0.15, 0.2) is 5.11 Å². The Morgan fingerprint density at radius 2 is 1.85 bits per heavy atom. The molecule has 1 saturated heterocycles. The molecule has 2 aromatic carbocycles. The number of hydrogen-bond donors (Lipinski definition) is 2. The van der Waals surface area contributed by atoms with Gasteiger partial charge in [-0.2, -0.15) is 0 Å². The van der Waals surface area contributed by atoms with E-state index in [-0.39, 0.29) is 6.04 Å². The van der Waals surface area contributed by atoms with Crippen molar-refractivity contribution in [1.29, 1.82) is 0 Å². The van der Waals surface area contributed by atoms with Crippen LogP contribution in [0.4, 0.5) is 11.4 Å². The number of hydrogen-bond acceptors (Lipinski definition) is 2. The number of thiocarbonyl (C=S) groups is 1. The molecule has 5 heteroatoms. The van der Waals surface area contributed by atoms with Gasteiger partial charge in [0.2, 0.25) is 0 Å². The van der Waals surface area contributed by atoms with E-state index in [9.17, 15) is 0 Å². The standard InChI is InChI=1S/C21H26ClN3S/c1-15-4-3-13-25(14-15)20-11-5-17(6-12-20)16(2)23-21(26)24-19-9-7-18(22)8-10-19/h5-12,15-16H,3-4,13-14H2,1-2H3,(H2,23,24,26). The lowest BCUT2D eigenvalue weighted by Crippen LogP contribution is -2.34. The molecule has 26 heavy (non-hydrogen) atoms. The number of rotatable bonds is 4. The maximum absolute atomic E-state index is 5.91. The van der Waals surface area contributed by atoms with E-state index in [1.54, 1.807) is 0 Å². The molecule has 0 amide bonds. The SMILES string of the molecule is CC1CCCN(c2ccc(C(C)NC(=S)Nc3ccc(Cl)cc3)cc2)C1. The van der Waals surface area contributed by atoms with Crippen LogP contribution < -0.4 is 15.5 Å². The Hall–Kier alpha value is -1.78. The minimum atomic E-state index is 0.136. The molecule has 1 aliphatic rings. The van der Waals surface area contributed by atoms with Crippen LogP contribution in [0, 0.1) is 5.92 Å². The monoisotopic (exact) mass is 387 g/mol. The highest BCUT2D eigenvalue weighted by Crippen LogP contribution is 2.24. The first-order valence-corrected chi connectivity index (χ1v) is 9.98. The van der Waals surface area contributed by atoms with E-state index in [4.69, 9.17) is 23.8 Å². The number of nitrogens with zero attached hydrogens (tertiary/aromatic N) is 1. The number of anilines is 2. The first kappa shape index (κ1) is 19.0. The number of nitrogens with one attached hydrogen (secondary N) is 2. The number of halogens is 1. The number of benzene rings is 2. The summed E-state index contributed by atoms with van der Waals surface area (Å²) in [6.07, 6.45) is 2.62. The second-order valence-corrected chi connectivity index (χ2v) is 7.96. The molecule has 2 unspecified atom stereocenters. The third-order valence-corrected chi connectivity index (χ3v) is 5.34. The van der Waals surface area contributed by atoms with Crippen molar-refractivity contribution in [2.45, 2.75) is 32.7 Å². The summed E-state index contributed by atoms with van der Waals surface area (Å²) in [6.45, 7) is 6.77. The Labute approximate surface area is 166 Å². The minimum Gasteiger partial charge on any atom is -0.371 e. The summed E-state index contributed by atoms with van der Waals surface area (Å²) in [5.74, 6) is 0.778. The van der Waals surface area contributed by atoms with E-state index in [1.165, 1.54) is 24.1 Å². The molecule has 0 saturated carbocycles. The van der Waals surface area contributed by atoms with Crippen LogP contribution in [0.5, 0.6) is 0 Å². The fraction of sp³-hybridized carbons (Fsp3) is 0.381. The average molecular weight is 388 g/mol. The summed E-state index contributed by atoms with van der Waals surface area (Å²) in [6, 6.07) is 16.5. The van der Waals surface area contributed by atoms with E-state index in [0.29, 0.717) is 10.1 Å². The van der Waals surface area contributed by atoms with Gasteiger partial charge in [-0.1, -0.05) is 30.7 Å². The van der Waals surface area contributed by atoms with Crippen LogP contribution in [0.1, 0.15) is 38.3 Å². The van der Waals surface area contributed by atoms with E-state index in [0.717, 1.165) is 24.7 Å². The first-order chi connectivity index (χ1) is 12.5. The summed E-state index contributed by atoms with van der Waals surface area (Å²) in [7, 11) is 0. The first-order valence-electron chi connectivity index (χ1n) is 9.19. The lowest BCUT2D eigenvalue weighted by atomic mass is 9.99. The zero-order valence-electron chi connectivity index (χ0n) is 15.3. The van der Waals surface area contributed by atoms with Crippen LogP contribution in [0.3, 0.4) is 0 Å². The van der Waals surface area contributed by atoms with Gasteiger partial charge in [-0.15, -0.1) is 0 Å². The maximum atomic E-state index is 5.91. The maximum Gasteiger partial charge on any atom is 0.171 e. The lowest BCUT2D eigenvalue weighted by Gasteiger charge is -2.33. The largest absolute Gasteiger partial charge is 0.371 e. The Morgan fingerprint density at radius 3 is 2.50 bits per heavy atom. The van der Waals surface area contributed by atoms with Crippen molar-refractivity contribution in [1.82, 2.24) is 5.32 Å². The lowest BCUT2D eigenvalue weighted by molar-refractivity contribution is 0.447. The van der Waals surface area contributed by atoms with Crippen molar-refractivity contribution >= 4 is 40.3 Å². The van der Waals surface area contributed by atoms with Crippen LogP contribution in [-0.2, 0) is 0 Å². The van der Waals surface area contributed by atoms with Gasteiger partial charge in [0.25, 0.3) is 0 Å². The van der Waals surface area contributed by atoms with Gasteiger partial charge in [0.05, 0.1) is 6.04 Å². The molecule has 1 aliphatic heterocycles. The molecule has 0 radical (unpaired) electrons. The molecule has 0 aliphatic carbocycles. The summed E-state index contributed by atoms with van der Waals surface area (Å²) < 4.78 is 0. The van der Waals surface area contributed by atoms with Gasteiger partial charge in [0, 0.05) is 29.5 Å². The molecule has 0 spiro atoms. The van der Waals surface area contributed by atoms with E-state index in [1.807, 2.05) is 24.3 Å². The molecule has 3 rings (SSSR count). The molecule has 2 N–H and O–H groups in total. The highest BCUT2D eigenvalue weighted by molar-refractivity contribution is 7.80. The van der Waals surface area contributed by atoms with Crippen molar-refractivity contribution < 1.29 is 0 Å². The van der Waals surface area contributed by atoms with Crippen LogP contribution in [0.25, 0.3) is 0 Å². The van der Waals surface area contributed by atoms with Crippen molar-refractivity contribution in [2.24, 2.45) is 5.92 Å². The highest BCUT2D eigenvalue weighted by Gasteiger charge is 2.17. The summed E-state index contributed by atoms with van der Waals surface area (Å²) in [5, 5.41) is 7.85. The third kappa shape index (κ3) is 5.12. The Morgan fingerprint density at radius 1 is 1.15 bits per heavy atom. The summed E-state index contributed by atoms with van der Waals surface area (Å²) in [5.41, 5.74) is 3.46. The Bertz CT molecular complexity index is 730. The highest BCUT2D eigenvalue weighted by atomic mass is 35.5. The molecule has 1 fully saturated rings. The molecule has 0 aromatic heterocycles. The molecule has 1 heterocycles. The molecule has 2 atom stereocenters. The topological polar surface area (TPSA) is 27.3 Å². The van der Waals surface area contributed by atoms with Gasteiger partial charge in [0.1, 0.15) is 0 Å². The van der Waals surface area contributed by atoms with Gasteiger partial charge in [-0.05, 0) is 79.9 Å². The zero-order chi connectivity index (χ0) is 18.5. The molecule has 138 valence electrons. The van der Waals surface area contributed by atoms with Gasteiger partial charge in [-0.25, -0.2) is 0 Å². The van der Waals surface area contributed by atoms with Gasteiger partial charge < -0.3 is 15.5 Å². The predicted octanol–water partition coefficient (Wildman–Crippen LogP) is 5.62. The van der Waals surface area contributed by atoms with Crippen LogP contribution in [0.15, 0.2) is 48.5 Å². The average Bonchev–Trinajstić information content (AvgIpc) is 2.64. The Balaban J connectivity index is 1.56.